The predicted octanol–water partition coefficient (Wildman–Crippen LogP) is 2.98. The number of hydrogen-bond acceptors (Lipinski definition) is 5. The molecule has 2 amide bonds. The number of hydroxylamine groups is 1. The molecule has 0 saturated heterocycles. The van der Waals surface area contributed by atoms with Crippen LogP contribution in [0.1, 0.15) is 15.9 Å². The first-order chi connectivity index (χ1) is 13.6. The van der Waals surface area contributed by atoms with Gasteiger partial charge in [-0.25, -0.2) is 5.48 Å². The molecule has 8 heteroatoms. The summed E-state index contributed by atoms with van der Waals surface area (Å²) in [6.45, 7) is 0. The van der Waals surface area contributed by atoms with Crippen molar-refractivity contribution in [2.45, 2.75) is 0 Å². The molecule has 0 unspecified atom stereocenters. The van der Waals surface area contributed by atoms with Crippen molar-refractivity contribution in [1.82, 2.24) is 15.3 Å². The maximum Gasteiger partial charge on any atom is 0.267 e. The Morgan fingerprint density at radius 2 is 1.89 bits per heavy atom. The molecule has 0 aliphatic rings. The number of aryl methyl sites for hydroxylation is 1. The molecule has 2 aromatic carbocycles. The summed E-state index contributed by atoms with van der Waals surface area (Å²) in [6.07, 6.45) is 5.89. The Hall–Kier alpha value is -3.91. The van der Waals surface area contributed by atoms with Gasteiger partial charge in [0.25, 0.3) is 11.8 Å². The van der Waals surface area contributed by atoms with E-state index in [-0.39, 0.29) is 5.91 Å². The summed E-state index contributed by atoms with van der Waals surface area (Å²) in [5, 5.41) is 15.4. The number of carbonyl (C=O) groups excluding carboxylic acids is 2. The lowest BCUT2D eigenvalue weighted by molar-refractivity contribution is -0.124. The lowest BCUT2D eigenvalue weighted by atomic mass is 10.1. The van der Waals surface area contributed by atoms with Crippen molar-refractivity contribution in [3.63, 3.8) is 0 Å². The number of rotatable bonds is 6. The third kappa shape index (κ3) is 4.63. The number of anilines is 1. The van der Waals surface area contributed by atoms with Crippen LogP contribution in [0.15, 0.2) is 67.0 Å². The fraction of sp³-hybridized carbons (Fsp3) is 0.0500. The second-order valence-electron chi connectivity index (χ2n) is 5.80. The van der Waals surface area contributed by atoms with Crippen molar-refractivity contribution >= 4 is 23.6 Å². The van der Waals surface area contributed by atoms with Crippen LogP contribution in [0.2, 0.25) is 0 Å². The Morgan fingerprint density at radius 1 is 1.14 bits per heavy atom. The Bertz CT molecular complexity index is 1030. The summed E-state index contributed by atoms with van der Waals surface area (Å²) >= 11 is 0. The van der Waals surface area contributed by atoms with Gasteiger partial charge in [0.05, 0.1) is 18.0 Å². The van der Waals surface area contributed by atoms with Gasteiger partial charge in [0.2, 0.25) is 0 Å². The fourth-order valence-corrected chi connectivity index (χ4v) is 2.47. The van der Waals surface area contributed by atoms with Gasteiger partial charge in [0.1, 0.15) is 5.75 Å². The van der Waals surface area contributed by atoms with Crippen molar-refractivity contribution in [1.29, 1.82) is 0 Å². The van der Waals surface area contributed by atoms with E-state index in [9.17, 15) is 9.59 Å². The maximum absolute atomic E-state index is 12.8. The van der Waals surface area contributed by atoms with Gasteiger partial charge in [-0.3, -0.25) is 19.5 Å². The van der Waals surface area contributed by atoms with Crippen LogP contribution in [0.5, 0.6) is 11.5 Å². The smallest absolute Gasteiger partial charge is 0.267 e. The highest BCUT2D eigenvalue weighted by atomic mass is 16.5. The Balaban J connectivity index is 1.83. The first kappa shape index (κ1) is 18.9. The molecule has 0 spiro atoms. The average molecular weight is 378 g/mol. The molecule has 0 aliphatic heterocycles. The van der Waals surface area contributed by atoms with Gasteiger partial charge in [-0.05, 0) is 29.8 Å². The van der Waals surface area contributed by atoms with Crippen molar-refractivity contribution in [2.75, 3.05) is 5.32 Å². The molecule has 0 aliphatic carbocycles. The zero-order chi connectivity index (χ0) is 19.9. The van der Waals surface area contributed by atoms with Crippen LogP contribution in [0, 0.1) is 0 Å². The first-order valence-electron chi connectivity index (χ1n) is 8.35. The van der Waals surface area contributed by atoms with Gasteiger partial charge < -0.3 is 10.1 Å². The number of ether oxygens (including phenoxy) is 1. The van der Waals surface area contributed by atoms with E-state index < -0.39 is 5.91 Å². The number of benzene rings is 2. The normalized spacial score (nSPS) is 10.6. The van der Waals surface area contributed by atoms with Gasteiger partial charge in [-0.2, -0.15) is 5.10 Å². The largest absolute Gasteiger partial charge is 0.453 e. The number of nitrogens with one attached hydrogen (secondary N) is 2. The first-order valence-corrected chi connectivity index (χ1v) is 8.35. The quantitative estimate of drug-likeness (QED) is 0.347. The van der Waals surface area contributed by atoms with E-state index >= 15 is 0 Å². The number of nitrogens with zero attached hydrogens (tertiary/aromatic N) is 2. The van der Waals surface area contributed by atoms with Gasteiger partial charge in [-0.1, -0.05) is 30.3 Å². The highest BCUT2D eigenvalue weighted by Gasteiger charge is 2.14. The van der Waals surface area contributed by atoms with Gasteiger partial charge in [0, 0.05) is 18.8 Å². The minimum absolute atomic E-state index is 0.346. The Labute approximate surface area is 161 Å². The molecular formula is C20H18N4O4. The predicted molar refractivity (Wildman–Crippen MR) is 103 cm³/mol. The number of carbonyl (C=O) groups is 2. The summed E-state index contributed by atoms with van der Waals surface area (Å²) in [5.74, 6) is -0.134. The summed E-state index contributed by atoms with van der Waals surface area (Å²) in [5.41, 5.74) is 2.97. The van der Waals surface area contributed by atoms with E-state index in [1.807, 2.05) is 0 Å². The highest BCUT2D eigenvalue weighted by Crippen LogP contribution is 2.26. The molecule has 0 atom stereocenters. The van der Waals surface area contributed by atoms with Gasteiger partial charge >= 0.3 is 0 Å². The van der Waals surface area contributed by atoms with Crippen LogP contribution in [-0.2, 0) is 11.8 Å². The lowest BCUT2D eigenvalue weighted by Crippen LogP contribution is -2.15. The van der Waals surface area contributed by atoms with E-state index in [1.165, 1.54) is 11.6 Å². The molecule has 0 radical (unpaired) electrons. The molecule has 28 heavy (non-hydrogen) atoms. The molecule has 3 aromatic rings. The third-order valence-electron chi connectivity index (χ3n) is 3.77. The second-order valence-corrected chi connectivity index (χ2v) is 5.80. The monoisotopic (exact) mass is 378 g/mol. The molecule has 3 rings (SSSR count). The van der Waals surface area contributed by atoms with Crippen LogP contribution in [0.25, 0.3) is 6.08 Å². The zero-order valence-electron chi connectivity index (χ0n) is 15.0. The maximum atomic E-state index is 12.8. The van der Waals surface area contributed by atoms with Crippen molar-refractivity contribution < 1.29 is 19.5 Å². The minimum Gasteiger partial charge on any atom is -0.453 e. The average Bonchev–Trinajstić information content (AvgIpc) is 3.12. The highest BCUT2D eigenvalue weighted by molar-refractivity contribution is 6.07. The van der Waals surface area contributed by atoms with Gasteiger partial charge in [0.15, 0.2) is 5.75 Å². The minimum atomic E-state index is -0.670. The van der Waals surface area contributed by atoms with E-state index in [0.717, 1.165) is 6.08 Å². The van der Waals surface area contributed by atoms with Crippen LogP contribution >= 0.6 is 0 Å². The third-order valence-corrected chi connectivity index (χ3v) is 3.77. The summed E-state index contributed by atoms with van der Waals surface area (Å²) in [4.78, 5) is 24.0. The topological polar surface area (TPSA) is 105 Å². The molecule has 0 saturated carbocycles. The van der Waals surface area contributed by atoms with Crippen LogP contribution in [0.3, 0.4) is 0 Å². The Kier molecular flexibility index (Phi) is 5.83. The van der Waals surface area contributed by atoms with E-state index in [4.69, 9.17) is 9.94 Å². The number of amides is 2. The molecule has 1 heterocycles. The molecule has 0 fully saturated rings. The second kappa shape index (κ2) is 8.65. The van der Waals surface area contributed by atoms with Crippen LogP contribution in [0.4, 0.5) is 5.69 Å². The van der Waals surface area contributed by atoms with Gasteiger partial charge in [-0.15, -0.1) is 0 Å². The number of aromatic nitrogens is 2. The zero-order valence-corrected chi connectivity index (χ0v) is 15.0. The number of para-hydroxylation sites is 2. The fourth-order valence-electron chi connectivity index (χ4n) is 2.47. The molecule has 142 valence electrons. The van der Waals surface area contributed by atoms with Crippen LogP contribution < -0.4 is 15.5 Å². The van der Waals surface area contributed by atoms with E-state index in [2.05, 4.69) is 10.4 Å². The van der Waals surface area contributed by atoms with Crippen molar-refractivity contribution in [3.8, 4) is 11.5 Å². The molecule has 3 N–H and O–H groups in total. The SMILES string of the molecule is Cn1cc(Oc2ccccc2C(=O)Nc2ccccc2/C=C/C(=O)NO)cn1. The van der Waals surface area contributed by atoms with Crippen molar-refractivity contribution in [3.05, 3.63) is 78.1 Å². The lowest BCUT2D eigenvalue weighted by Gasteiger charge is -2.12. The molecule has 0 bridgehead atoms. The molecule has 8 nitrogen and oxygen atoms in total. The van der Waals surface area contributed by atoms with Crippen LogP contribution in [-0.4, -0.2) is 26.8 Å². The summed E-state index contributed by atoms with van der Waals surface area (Å²) < 4.78 is 7.37. The standard InChI is InChI=1S/C20H18N4O4/c1-24-13-15(12-21-24)28-18-9-5-3-7-16(18)20(26)22-17-8-4-2-6-14(17)10-11-19(25)23-27/h2-13,27H,1H3,(H,22,26)(H,23,25)/b11-10+. The Morgan fingerprint density at radius 3 is 2.64 bits per heavy atom. The summed E-state index contributed by atoms with van der Waals surface area (Å²) in [6, 6.07) is 13.8. The summed E-state index contributed by atoms with van der Waals surface area (Å²) in [7, 11) is 1.77. The molecule has 1 aromatic heterocycles. The van der Waals surface area contributed by atoms with E-state index in [1.54, 1.807) is 72.7 Å². The van der Waals surface area contributed by atoms with Crippen molar-refractivity contribution in [2.24, 2.45) is 7.05 Å². The number of hydrogen-bond donors (Lipinski definition) is 3. The molecular weight excluding hydrogens is 360 g/mol. The van der Waals surface area contributed by atoms with E-state index in [0.29, 0.717) is 28.3 Å².